The summed E-state index contributed by atoms with van der Waals surface area (Å²) in [6.45, 7) is 6.32. The summed E-state index contributed by atoms with van der Waals surface area (Å²) in [6, 6.07) is 12.0. The fourth-order valence-corrected chi connectivity index (χ4v) is 2.24. The molecule has 0 radical (unpaired) electrons. The Labute approximate surface area is 132 Å². The van der Waals surface area contributed by atoms with Crippen LogP contribution in [0.2, 0.25) is 0 Å². The first-order chi connectivity index (χ1) is 10.6. The Morgan fingerprint density at radius 1 is 1.18 bits per heavy atom. The van der Waals surface area contributed by atoms with E-state index in [0.29, 0.717) is 12.3 Å². The molecule has 2 aromatic rings. The number of rotatable bonds is 6. The first-order valence-corrected chi connectivity index (χ1v) is 7.72. The number of hydrogen-bond acceptors (Lipinski definition) is 3. The number of carbonyl (C=O) groups is 1. The van der Waals surface area contributed by atoms with Crippen LogP contribution in [0.25, 0.3) is 0 Å². The van der Waals surface area contributed by atoms with E-state index in [1.54, 1.807) is 6.20 Å². The molecule has 4 heteroatoms. The zero-order chi connectivity index (χ0) is 15.9. The van der Waals surface area contributed by atoms with E-state index < -0.39 is 0 Å². The average molecular weight is 297 g/mol. The molecule has 1 aromatic carbocycles. The molecular weight excluding hydrogens is 274 g/mol. The van der Waals surface area contributed by atoms with Crippen LogP contribution in [0, 0.1) is 0 Å². The third kappa shape index (κ3) is 4.32. The Morgan fingerprint density at radius 2 is 1.95 bits per heavy atom. The van der Waals surface area contributed by atoms with Crippen LogP contribution in [0.1, 0.15) is 45.1 Å². The summed E-state index contributed by atoms with van der Waals surface area (Å²) in [5.41, 5.74) is 3.04. The highest BCUT2D eigenvalue weighted by Gasteiger charge is 2.07. The quantitative estimate of drug-likeness (QED) is 0.813. The second kappa shape index (κ2) is 7.59. The van der Waals surface area contributed by atoms with Crippen LogP contribution in [0.3, 0.4) is 0 Å². The Kier molecular flexibility index (Phi) is 5.53. The monoisotopic (exact) mass is 297 g/mol. The van der Waals surface area contributed by atoms with E-state index in [9.17, 15) is 4.79 Å². The maximum absolute atomic E-state index is 11.6. The highest BCUT2D eigenvalue weighted by atomic mass is 16.1. The number of carbonyl (C=O) groups excluding carboxylic acids is 1. The van der Waals surface area contributed by atoms with Gasteiger partial charge in [-0.3, -0.25) is 4.79 Å². The molecule has 2 N–H and O–H groups in total. The molecule has 0 saturated carbocycles. The number of hydrogen-bond donors (Lipinski definition) is 2. The van der Waals surface area contributed by atoms with Crippen molar-refractivity contribution in [2.45, 2.75) is 39.5 Å². The normalized spacial score (nSPS) is 10.5. The molecule has 1 aromatic heterocycles. The highest BCUT2D eigenvalue weighted by Crippen LogP contribution is 2.26. The van der Waals surface area contributed by atoms with Crippen LogP contribution in [-0.4, -0.2) is 10.9 Å². The number of aromatic nitrogens is 1. The predicted molar refractivity (Wildman–Crippen MR) is 91.6 cm³/mol. The van der Waals surface area contributed by atoms with Gasteiger partial charge in [-0.1, -0.05) is 39.0 Å². The molecule has 2 rings (SSSR count). The zero-order valence-corrected chi connectivity index (χ0v) is 13.4. The molecule has 0 aliphatic carbocycles. The Balaban J connectivity index is 2.07. The van der Waals surface area contributed by atoms with Crippen LogP contribution in [0.5, 0.6) is 0 Å². The van der Waals surface area contributed by atoms with Gasteiger partial charge >= 0.3 is 0 Å². The molecule has 22 heavy (non-hydrogen) atoms. The number of anilines is 3. The molecule has 1 heterocycles. The molecule has 0 unspecified atom stereocenters. The van der Waals surface area contributed by atoms with E-state index in [1.807, 2.05) is 37.3 Å². The summed E-state index contributed by atoms with van der Waals surface area (Å²) in [4.78, 5) is 15.9. The van der Waals surface area contributed by atoms with Crippen molar-refractivity contribution in [2.24, 2.45) is 0 Å². The Morgan fingerprint density at radius 3 is 2.59 bits per heavy atom. The minimum absolute atomic E-state index is 0.0233. The van der Waals surface area contributed by atoms with Gasteiger partial charge < -0.3 is 10.6 Å². The second-order valence-electron chi connectivity index (χ2n) is 5.60. The topological polar surface area (TPSA) is 54.0 Å². The van der Waals surface area contributed by atoms with Crippen molar-refractivity contribution in [3.63, 3.8) is 0 Å². The van der Waals surface area contributed by atoms with Gasteiger partial charge in [0.15, 0.2) is 0 Å². The lowest BCUT2D eigenvalue weighted by molar-refractivity contribution is -0.116. The standard InChI is InChI=1S/C18H23N3O/c1-4-7-18(22)20-14-10-11-17(19-12-14)21-16-9-6-5-8-15(16)13(2)3/h5-6,8-13H,4,7H2,1-3H3,(H,19,21)(H,20,22). The van der Waals surface area contributed by atoms with Crippen LogP contribution >= 0.6 is 0 Å². The minimum Gasteiger partial charge on any atom is -0.340 e. The molecule has 0 aliphatic heterocycles. The molecule has 0 spiro atoms. The van der Waals surface area contributed by atoms with Gasteiger partial charge in [0.25, 0.3) is 0 Å². The number of nitrogens with zero attached hydrogens (tertiary/aromatic N) is 1. The van der Waals surface area contributed by atoms with Crippen molar-refractivity contribution in [2.75, 3.05) is 10.6 Å². The van der Waals surface area contributed by atoms with Crippen molar-refractivity contribution in [1.82, 2.24) is 4.98 Å². The fourth-order valence-electron chi connectivity index (χ4n) is 2.24. The average Bonchev–Trinajstić information content (AvgIpc) is 2.50. The van der Waals surface area contributed by atoms with Gasteiger partial charge in [-0.05, 0) is 36.1 Å². The number of pyridine rings is 1. The smallest absolute Gasteiger partial charge is 0.224 e. The summed E-state index contributed by atoms with van der Waals surface area (Å²) < 4.78 is 0. The van der Waals surface area contributed by atoms with Crippen LogP contribution in [-0.2, 0) is 4.79 Å². The maximum atomic E-state index is 11.6. The van der Waals surface area contributed by atoms with Crippen molar-refractivity contribution >= 4 is 23.1 Å². The van der Waals surface area contributed by atoms with E-state index in [-0.39, 0.29) is 5.91 Å². The van der Waals surface area contributed by atoms with Crippen molar-refractivity contribution < 1.29 is 4.79 Å². The van der Waals surface area contributed by atoms with E-state index in [0.717, 1.165) is 23.6 Å². The Bertz CT molecular complexity index is 620. The third-order valence-corrected chi connectivity index (χ3v) is 3.37. The van der Waals surface area contributed by atoms with Crippen LogP contribution in [0.4, 0.5) is 17.2 Å². The van der Waals surface area contributed by atoms with E-state index in [4.69, 9.17) is 0 Å². The number of nitrogens with one attached hydrogen (secondary N) is 2. The van der Waals surface area contributed by atoms with Crippen LogP contribution < -0.4 is 10.6 Å². The number of para-hydroxylation sites is 1. The molecular formula is C18H23N3O. The number of benzene rings is 1. The molecule has 0 aliphatic rings. The lowest BCUT2D eigenvalue weighted by Gasteiger charge is -2.14. The van der Waals surface area contributed by atoms with Gasteiger partial charge in [-0.2, -0.15) is 0 Å². The summed E-state index contributed by atoms with van der Waals surface area (Å²) >= 11 is 0. The lowest BCUT2D eigenvalue weighted by Crippen LogP contribution is -2.10. The number of amides is 1. The maximum Gasteiger partial charge on any atom is 0.224 e. The van der Waals surface area contributed by atoms with Gasteiger partial charge in [0, 0.05) is 12.1 Å². The zero-order valence-electron chi connectivity index (χ0n) is 13.4. The van der Waals surface area contributed by atoms with Crippen molar-refractivity contribution in [3.8, 4) is 0 Å². The third-order valence-electron chi connectivity index (χ3n) is 3.37. The second-order valence-corrected chi connectivity index (χ2v) is 5.60. The summed E-state index contributed by atoms with van der Waals surface area (Å²) in [5, 5.41) is 6.17. The SMILES string of the molecule is CCCC(=O)Nc1ccc(Nc2ccccc2C(C)C)nc1. The molecule has 4 nitrogen and oxygen atoms in total. The fraction of sp³-hybridized carbons (Fsp3) is 0.333. The first kappa shape index (κ1) is 16.0. The summed E-state index contributed by atoms with van der Waals surface area (Å²) in [6.07, 6.45) is 3.04. The van der Waals surface area contributed by atoms with Gasteiger partial charge in [0.2, 0.25) is 5.91 Å². The van der Waals surface area contributed by atoms with Crippen LogP contribution in [0.15, 0.2) is 42.6 Å². The molecule has 0 atom stereocenters. The van der Waals surface area contributed by atoms with Gasteiger partial charge in [0.1, 0.15) is 5.82 Å². The van der Waals surface area contributed by atoms with Gasteiger partial charge in [-0.15, -0.1) is 0 Å². The largest absolute Gasteiger partial charge is 0.340 e. The van der Waals surface area contributed by atoms with Crippen molar-refractivity contribution in [3.05, 3.63) is 48.2 Å². The molecule has 0 bridgehead atoms. The van der Waals surface area contributed by atoms with E-state index >= 15 is 0 Å². The highest BCUT2D eigenvalue weighted by molar-refractivity contribution is 5.90. The van der Waals surface area contributed by atoms with E-state index in [1.165, 1.54) is 5.56 Å². The molecule has 0 fully saturated rings. The summed E-state index contributed by atoms with van der Waals surface area (Å²) in [7, 11) is 0. The minimum atomic E-state index is 0.0233. The van der Waals surface area contributed by atoms with Crippen molar-refractivity contribution in [1.29, 1.82) is 0 Å². The summed E-state index contributed by atoms with van der Waals surface area (Å²) in [5.74, 6) is 1.23. The lowest BCUT2D eigenvalue weighted by atomic mass is 10.0. The first-order valence-electron chi connectivity index (χ1n) is 7.72. The predicted octanol–water partition coefficient (Wildman–Crippen LogP) is 4.69. The van der Waals surface area contributed by atoms with Gasteiger partial charge in [-0.25, -0.2) is 4.98 Å². The molecule has 116 valence electrons. The van der Waals surface area contributed by atoms with Gasteiger partial charge in [0.05, 0.1) is 11.9 Å². The molecule has 1 amide bonds. The van der Waals surface area contributed by atoms with E-state index in [2.05, 4.69) is 35.5 Å². The molecule has 0 saturated heterocycles. The Hall–Kier alpha value is -2.36.